The van der Waals surface area contributed by atoms with Gasteiger partial charge in [0.05, 0.1) is 17.3 Å². The Bertz CT molecular complexity index is 930. The van der Waals surface area contributed by atoms with Gasteiger partial charge >= 0.3 is 0 Å². The summed E-state index contributed by atoms with van der Waals surface area (Å²) in [4.78, 5) is 23.1. The summed E-state index contributed by atoms with van der Waals surface area (Å²) in [6.07, 6.45) is 5.85. The number of carbonyl (C=O) groups excluding carboxylic acids is 1. The minimum atomic E-state index is -0.908. The summed E-state index contributed by atoms with van der Waals surface area (Å²) in [7, 11) is 0. The number of fused-ring (bicyclic) bond motifs is 1. The van der Waals surface area contributed by atoms with E-state index in [4.69, 9.17) is 16.5 Å². The van der Waals surface area contributed by atoms with Crippen LogP contribution in [0.5, 0.6) is 0 Å². The maximum absolute atomic E-state index is 11.6. The second-order valence-corrected chi connectivity index (χ2v) is 8.95. The third-order valence-electron chi connectivity index (χ3n) is 7.09. The van der Waals surface area contributed by atoms with Crippen molar-refractivity contribution in [1.29, 1.82) is 0 Å². The molecule has 2 aromatic heterocycles. The van der Waals surface area contributed by atoms with Crippen LogP contribution in [0.25, 0.3) is 0 Å². The zero-order valence-electron chi connectivity index (χ0n) is 17.5. The Labute approximate surface area is 182 Å². The number of nitrogens with two attached hydrogens (primary N) is 2. The van der Waals surface area contributed by atoms with Crippen LogP contribution in [-0.4, -0.2) is 47.1 Å². The van der Waals surface area contributed by atoms with E-state index in [0.717, 1.165) is 24.5 Å². The second-order valence-electron chi connectivity index (χ2n) is 8.95. The van der Waals surface area contributed by atoms with Crippen LogP contribution >= 0.6 is 0 Å². The van der Waals surface area contributed by atoms with Gasteiger partial charge in [0, 0.05) is 50.0 Å². The number of primary amides is 1. The van der Waals surface area contributed by atoms with Gasteiger partial charge in [0.1, 0.15) is 5.82 Å². The third kappa shape index (κ3) is 3.89. The van der Waals surface area contributed by atoms with Crippen LogP contribution in [0.3, 0.4) is 0 Å². The molecule has 3 aliphatic rings. The number of hydrogen-bond donors (Lipinski definition) is 5. The van der Waals surface area contributed by atoms with Gasteiger partial charge in [-0.2, -0.15) is 0 Å². The number of nitrogens with zero attached hydrogens (tertiary/aromatic N) is 3. The number of hydrogen-bond acceptors (Lipinski definition) is 8. The number of nitrogens with one attached hydrogen (secondary N) is 3. The fraction of sp³-hybridized carbons (Fsp3) is 0.500. The van der Waals surface area contributed by atoms with E-state index >= 15 is 0 Å². The lowest BCUT2D eigenvalue weighted by molar-refractivity contribution is -0.123. The number of carbonyl (C=O) groups is 1. The molecule has 4 unspecified atom stereocenters. The Morgan fingerprint density at radius 2 is 2.00 bits per heavy atom. The molecule has 1 amide bonds. The molecule has 3 aliphatic heterocycles. The average Bonchev–Trinajstić information content (AvgIpc) is 3.23. The first-order valence-electron chi connectivity index (χ1n) is 11.0. The van der Waals surface area contributed by atoms with Gasteiger partial charge in [-0.25, -0.2) is 10.4 Å². The van der Waals surface area contributed by atoms with Gasteiger partial charge in [0.25, 0.3) is 0 Å². The average molecular weight is 423 g/mol. The lowest BCUT2D eigenvalue weighted by Gasteiger charge is -2.38. The van der Waals surface area contributed by atoms with E-state index in [-0.39, 0.29) is 12.1 Å². The minimum absolute atomic E-state index is 0.134. The van der Waals surface area contributed by atoms with Crippen molar-refractivity contribution in [2.45, 2.75) is 42.9 Å². The summed E-state index contributed by atoms with van der Waals surface area (Å²) in [6, 6.07) is 11.1. The Morgan fingerprint density at radius 3 is 2.74 bits per heavy atom. The van der Waals surface area contributed by atoms with Gasteiger partial charge in [-0.1, -0.05) is 12.1 Å². The van der Waals surface area contributed by atoms with Crippen LogP contribution < -0.4 is 32.5 Å². The fourth-order valence-corrected chi connectivity index (χ4v) is 5.07. The number of pyridine rings is 2. The van der Waals surface area contributed by atoms with Crippen molar-refractivity contribution >= 4 is 11.7 Å². The van der Waals surface area contributed by atoms with Crippen molar-refractivity contribution < 1.29 is 4.79 Å². The number of piperidine rings is 2. The largest absolute Gasteiger partial charge is 0.368 e. The van der Waals surface area contributed by atoms with E-state index in [9.17, 15) is 4.79 Å². The Balaban J connectivity index is 1.31. The molecule has 31 heavy (non-hydrogen) atoms. The summed E-state index contributed by atoms with van der Waals surface area (Å²) >= 11 is 0. The number of amides is 1. The van der Waals surface area contributed by atoms with E-state index < -0.39 is 11.4 Å². The lowest BCUT2D eigenvalue weighted by atomic mass is 9.81. The van der Waals surface area contributed by atoms with Crippen LogP contribution in [0.1, 0.15) is 42.6 Å². The standard InChI is InChI=1S/C22H30N8O/c23-21(31)22(24)6-9-30(10-7-22)19-5-1-4-16(27-19)20-15-11-17(14-3-2-8-25-12-14)26-13-18(15)28-29-20/h1-5,8,12,15,17-18,20,26,28-29H,6-7,9-11,13,24H2,(H2,23,31). The molecule has 164 valence electrons. The van der Waals surface area contributed by atoms with Gasteiger partial charge in [0.15, 0.2) is 0 Å². The molecular weight excluding hydrogens is 392 g/mol. The van der Waals surface area contributed by atoms with Crippen molar-refractivity contribution in [3.8, 4) is 0 Å². The van der Waals surface area contributed by atoms with Gasteiger partial charge in [-0.15, -0.1) is 0 Å². The van der Waals surface area contributed by atoms with Crippen LogP contribution in [0.4, 0.5) is 5.82 Å². The molecule has 0 bridgehead atoms. The molecule has 3 saturated heterocycles. The highest BCUT2D eigenvalue weighted by atomic mass is 16.1. The molecule has 3 fully saturated rings. The first-order chi connectivity index (χ1) is 15.0. The molecule has 9 heteroatoms. The number of rotatable bonds is 4. The van der Waals surface area contributed by atoms with Crippen LogP contribution in [0, 0.1) is 5.92 Å². The molecule has 4 atom stereocenters. The van der Waals surface area contributed by atoms with Gasteiger partial charge in [-0.05, 0) is 43.0 Å². The maximum atomic E-state index is 11.6. The summed E-state index contributed by atoms with van der Waals surface area (Å²) in [5.74, 6) is 0.921. The van der Waals surface area contributed by atoms with Gasteiger partial charge in [0.2, 0.25) is 5.91 Å². The smallest absolute Gasteiger partial charge is 0.237 e. The molecule has 7 N–H and O–H groups in total. The van der Waals surface area contributed by atoms with Crippen molar-refractivity contribution in [2.24, 2.45) is 17.4 Å². The first kappa shape index (κ1) is 20.3. The predicted octanol–water partition coefficient (Wildman–Crippen LogP) is 0.128. The number of hydrazine groups is 1. The van der Waals surface area contributed by atoms with Gasteiger partial charge in [-0.3, -0.25) is 15.2 Å². The molecule has 9 nitrogen and oxygen atoms in total. The van der Waals surface area contributed by atoms with E-state index in [1.165, 1.54) is 5.56 Å². The van der Waals surface area contributed by atoms with E-state index in [1.54, 1.807) is 0 Å². The predicted molar refractivity (Wildman–Crippen MR) is 118 cm³/mol. The monoisotopic (exact) mass is 422 g/mol. The highest BCUT2D eigenvalue weighted by Gasteiger charge is 2.42. The SMILES string of the molecule is NC(=O)C1(N)CCN(c2cccc(C3NNC4CNC(c5cccnc5)CC43)n2)CC1. The maximum Gasteiger partial charge on any atom is 0.237 e. The van der Waals surface area contributed by atoms with Crippen molar-refractivity contribution in [3.63, 3.8) is 0 Å². The van der Waals surface area contributed by atoms with E-state index in [1.807, 2.05) is 24.5 Å². The molecule has 5 rings (SSSR count). The topological polar surface area (TPSA) is 134 Å². The summed E-state index contributed by atoms with van der Waals surface area (Å²) < 4.78 is 0. The zero-order chi connectivity index (χ0) is 21.4. The van der Waals surface area contributed by atoms with Crippen molar-refractivity contribution in [3.05, 3.63) is 54.0 Å². The quantitative estimate of drug-likeness (QED) is 0.469. The van der Waals surface area contributed by atoms with E-state index in [0.29, 0.717) is 37.9 Å². The Hall–Kier alpha value is -2.59. The molecule has 0 aromatic carbocycles. The van der Waals surface area contributed by atoms with Crippen LogP contribution in [-0.2, 0) is 4.79 Å². The first-order valence-corrected chi connectivity index (χ1v) is 11.0. The van der Waals surface area contributed by atoms with Crippen LogP contribution in [0.15, 0.2) is 42.7 Å². The minimum Gasteiger partial charge on any atom is -0.368 e. The van der Waals surface area contributed by atoms with Crippen LogP contribution in [0.2, 0.25) is 0 Å². The van der Waals surface area contributed by atoms with E-state index in [2.05, 4.69) is 44.3 Å². The number of aromatic nitrogens is 2. The second kappa shape index (κ2) is 8.16. The van der Waals surface area contributed by atoms with Crippen molar-refractivity contribution in [1.82, 2.24) is 26.1 Å². The molecular formula is C22H30N8O. The molecule has 2 aromatic rings. The lowest BCUT2D eigenvalue weighted by Crippen LogP contribution is -2.58. The highest BCUT2D eigenvalue weighted by Crippen LogP contribution is 2.38. The fourth-order valence-electron chi connectivity index (χ4n) is 5.07. The Kier molecular flexibility index (Phi) is 5.35. The van der Waals surface area contributed by atoms with Gasteiger partial charge < -0.3 is 21.7 Å². The normalized spacial score (nSPS) is 30.0. The summed E-state index contributed by atoms with van der Waals surface area (Å²) in [6.45, 7) is 2.24. The third-order valence-corrected chi connectivity index (χ3v) is 7.09. The summed E-state index contributed by atoms with van der Waals surface area (Å²) in [5, 5.41) is 3.64. The number of anilines is 1. The highest BCUT2D eigenvalue weighted by molar-refractivity contribution is 5.84. The molecule has 0 aliphatic carbocycles. The summed E-state index contributed by atoms with van der Waals surface area (Å²) in [5.41, 5.74) is 19.9. The molecule has 0 saturated carbocycles. The van der Waals surface area contributed by atoms with Crippen molar-refractivity contribution in [2.75, 3.05) is 24.5 Å². The Morgan fingerprint density at radius 1 is 1.16 bits per heavy atom. The molecule has 0 spiro atoms. The molecule has 0 radical (unpaired) electrons. The molecule has 5 heterocycles. The zero-order valence-corrected chi connectivity index (χ0v) is 17.5.